The molecule has 0 fully saturated rings. The zero-order valence-electron chi connectivity index (χ0n) is 11.2. The van der Waals surface area contributed by atoms with E-state index in [9.17, 15) is 8.42 Å². The number of sulfonamides is 1. The highest BCUT2D eigenvalue weighted by Gasteiger charge is 2.27. The van der Waals surface area contributed by atoms with Gasteiger partial charge in [0.2, 0.25) is 10.0 Å². The fourth-order valence-corrected chi connectivity index (χ4v) is 3.23. The van der Waals surface area contributed by atoms with Crippen molar-refractivity contribution in [1.82, 2.24) is 9.29 Å². The van der Waals surface area contributed by atoms with Crippen molar-refractivity contribution < 1.29 is 13.2 Å². The first-order valence-electron chi connectivity index (χ1n) is 5.60. The Hall–Kier alpha value is -0.890. The SMILES string of the molecule is COCC(C)(C)NS(=O)(=O)c1cc(CN)n(C)c1. The molecule has 0 aliphatic carbocycles. The van der Waals surface area contributed by atoms with Crippen LogP contribution in [0.5, 0.6) is 0 Å². The van der Waals surface area contributed by atoms with Gasteiger partial charge in [0, 0.05) is 32.6 Å². The summed E-state index contributed by atoms with van der Waals surface area (Å²) in [6.45, 7) is 4.12. The Labute approximate surface area is 108 Å². The summed E-state index contributed by atoms with van der Waals surface area (Å²) in [7, 11) is -0.260. The first kappa shape index (κ1) is 15.2. The van der Waals surface area contributed by atoms with Crippen LogP contribution in [0.3, 0.4) is 0 Å². The molecule has 1 aromatic heterocycles. The van der Waals surface area contributed by atoms with E-state index in [4.69, 9.17) is 10.5 Å². The van der Waals surface area contributed by atoms with E-state index in [0.29, 0.717) is 13.2 Å². The molecule has 1 rings (SSSR count). The average Bonchev–Trinajstić information content (AvgIpc) is 2.58. The van der Waals surface area contributed by atoms with Crippen molar-refractivity contribution in [3.63, 3.8) is 0 Å². The number of ether oxygens (including phenoxy) is 1. The molecule has 0 radical (unpaired) electrons. The molecule has 18 heavy (non-hydrogen) atoms. The van der Waals surface area contributed by atoms with Gasteiger partial charge in [0.25, 0.3) is 0 Å². The van der Waals surface area contributed by atoms with Crippen LogP contribution in [0.4, 0.5) is 0 Å². The molecule has 0 saturated heterocycles. The number of aryl methyl sites for hydroxylation is 1. The van der Waals surface area contributed by atoms with Gasteiger partial charge in [-0.2, -0.15) is 0 Å². The lowest BCUT2D eigenvalue weighted by Crippen LogP contribution is -2.46. The van der Waals surface area contributed by atoms with Gasteiger partial charge in [0.1, 0.15) is 0 Å². The van der Waals surface area contributed by atoms with Gasteiger partial charge in [0.05, 0.1) is 17.0 Å². The van der Waals surface area contributed by atoms with Gasteiger partial charge in [-0.05, 0) is 19.9 Å². The van der Waals surface area contributed by atoms with Gasteiger partial charge in [-0.3, -0.25) is 0 Å². The molecule has 0 amide bonds. The van der Waals surface area contributed by atoms with Crippen LogP contribution in [-0.2, 0) is 28.4 Å². The second-order valence-corrected chi connectivity index (χ2v) is 6.59. The summed E-state index contributed by atoms with van der Waals surface area (Å²) in [5, 5.41) is 0. The van der Waals surface area contributed by atoms with Crippen molar-refractivity contribution in [2.45, 2.75) is 30.8 Å². The molecular weight excluding hydrogens is 254 g/mol. The maximum absolute atomic E-state index is 12.2. The molecule has 1 aromatic rings. The summed E-state index contributed by atoms with van der Waals surface area (Å²) in [6, 6.07) is 1.57. The monoisotopic (exact) mass is 275 g/mol. The van der Waals surface area contributed by atoms with E-state index in [2.05, 4.69) is 4.72 Å². The third-order valence-electron chi connectivity index (χ3n) is 2.52. The molecule has 0 unspecified atom stereocenters. The summed E-state index contributed by atoms with van der Waals surface area (Å²) in [4.78, 5) is 0.217. The molecule has 0 aliphatic heterocycles. The van der Waals surface area contributed by atoms with Crippen LogP contribution in [0.15, 0.2) is 17.2 Å². The number of hydrogen-bond donors (Lipinski definition) is 2. The Kier molecular flexibility index (Phi) is 4.55. The largest absolute Gasteiger partial charge is 0.383 e. The minimum absolute atomic E-state index is 0.217. The van der Waals surface area contributed by atoms with Gasteiger partial charge >= 0.3 is 0 Å². The van der Waals surface area contributed by atoms with Crippen LogP contribution in [-0.4, -0.2) is 32.2 Å². The summed E-state index contributed by atoms with van der Waals surface area (Å²) >= 11 is 0. The molecule has 104 valence electrons. The average molecular weight is 275 g/mol. The second-order valence-electron chi connectivity index (χ2n) is 4.90. The molecule has 0 saturated carbocycles. The van der Waals surface area contributed by atoms with E-state index in [1.165, 1.54) is 7.11 Å². The number of aromatic nitrogens is 1. The third-order valence-corrected chi connectivity index (χ3v) is 4.18. The fourth-order valence-electron chi connectivity index (χ4n) is 1.74. The minimum atomic E-state index is -3.56. The molecule has 6 nitrogen and oxygen atoms in total. The molecule has 0 aromatic carbocycles. The standard InChI is InChI=1S/C11H21N3O3S/c1-11(2,8-17-4)13-18(15,16)10-5-9(6-12)14(3)7-10/h5,7,13H,6,8,12H2,1-4H3. The summed E-state index contributed by atoms with van der Waals surface area (Å²) in [5.74, 6) is 0. The van der Waals surface area contributed by atoms with Gasteiger partial charge in [-0.25, -0.2) is 13.1 Å². The minimum Gasteiger partial charge on any atom is -0.383 e. The molecular formula is C11H21N3O3S. The number of methoxy groups -OCH3 is 1. The Morgan fingerprint density at radius 3 is 2.56 bits per heavy atom. The number of rotatable bonds is 6. The topological polar surface area (TPSA) is 86.3 Å². The Bertz CT molecular complexity index is 506. The van der Waals surface area contributed by atoms with Gasteiger partial charge in [0.15, 0.2) is 0 Å². The molecule has 3 N–H and O–H groups in total. The molecule has 1 heterocycles. The van der Waals surface area contributed by atoms with E-state index < -0.39 is 15.6 Å². The van der Waals surface area contributed by atoms with Crippen molar-refractivity contribution in [3.8, 4) is 0 Å². The van der Waals surface area contributed by atoms with E-state index in [1.54, 1.807) is 37.7 Å². The maximum atomic E-state index is 12.2. The van der Waals surface area contributed by atoms with Crippen molar-refractivity contribution in [1.29, 1.82) is 0 Å². The lowest BCUT2D eigenvalue weighted by molar-refractivity contribution is 0.141. The first-order chi connectivity index (χ1) is 8.22. The van der Waals surface area contributed by atoms with Crippen molar-refractivity contribution in [2.24, 2.45) is 12.8 Å². The summed E-state index contributed by atoms with van der Waals surface area (Å²) in [6.07, 6.45) is 1.55. The van der Waals surface area contributed by atoms with Crippen LogP contribution >= 0.6 is 0 Å². The van der Waals surface area contributed by atoms with Crippen LogP contribution in [0, 0.1) is 0 Å². The second kappa shape index (κ2) is 5.40. The highest BCUT2D eigenvalue weighted by atomic mass is 32.2. The Morgan fingerprint density at radius 1 is 1.50 bits per heavy atom. The molecule has 0 bridgehead atoms. The molecule has 7 heteroatoms. The molecule has 0 aliphatic rings. The van der Waals surface area contributed by atoms with E-state index in [1.807, 2.05) is 0 Å². The van der Waals surface area contributed by atoms with Gasteiger partial charge in [-0.1, -0.05) is 0 Å². The highest BCUT2D eigenvalue weighted by molar-refractivity contribution is 7.89. The zero-order chi connectivity index (χ0) is 14.0. The van der Waals surface area contributed by atoms with Crippen LogP contribution in [0.2, 0.25) is 0 Å². The van der Waals surface area contributed by atoms with Crippen LogP contribution < -0.4 is 10.5 Å². The van der Waals surface area contributed by atoms with Gasteiger partial charge < -0.3 is 15.0 Å². The summed E-state index contributed by atoms with van der Waals surface area (Å²) < 4.78 is 33.7. The van der Waals surface area contributed by atoms with E-state index >= 15 is 0 Å². The predicted molar refractivity (Wildman–Crippen MR) is 69.6 cm³/mol. The smallest absolute Gasteiger partial charge is 0.242 e. The van der Waals surface area contributed by atoms with Crippen molar-refractivity contribution in [3.05, 3.63) is 18.0 Å². The molecule has 0 atom stereocenters. The van der Waals surface area contributed by atoms with Crippen molar-refractivity contribution >= 4 is 10.0 Å². The maximum Gasteiger partial charge on any atom is 0.242 e. The molecule has 0 spiro atoms. The third kappa shape index (κ3) is 3.55. The number of nitrogens with two attached hydrogens (primary N) is 1. The van der Waals surface area contributed by atoms with Crippen molar-refractivity contribution in [2.75, 3.05) is 13.7 Å². The number of nitrogens with zero attached hydrogens (tertiary/aromatic N) is 1. The first-order valence-corrected chi connectivity index (χ1v) is 7.08. The van der Waals surface area contributed by atoms with Gasteiger partial charge in [-0.15, -0.1) is 0 Å². The summed E-state index contributed by atoms with van der Waals surface area (Å²) in [5.41, 5.74) is 5.63. The normalized spacial score (nSPS) is 12.9. The lowest BCUT2D eigenvalue weighted by atomic mass is 10.1. The lowest BCUT2D eigenvalue weighted by Gasteiger charge is -2.24. The highest BCUT2D eigenvalue weighted by Crippen LogP contribution is 2.16. The Balaban J connectivity index is 2.99. The van der Waals surface area contributed by atoms with Crippen LogP contribution in [0.1, 0.15) is 19.5 Å². The predicted octanol–water partition coefficient (Wildman–Crippen LogP) is 0.187. The quantitative estimate of drug-likeness (QED) is 0.776. The number of hydrogen-bond acceptors (Lipinski definition) is 4. The number of nitrogens with one attached hydrogen (secondary N) is 1. The van der Waals surface area contributed by atoms with E-state index in [-0.39, 0.29) is 4.90 Å². The van der Waals surface area contributed by atoms with E-state index in [0.717, 1.165) is 5.69 Å². The van der Waals surface area contributed by atoms with Crippen LogP contribution in [0.25, 0.3) is 0 Å². The fraction of sp³-hybridized carbons (Fsp3) is 0.636. The Morgan fingerprint density at radius 2 is 2.11 bits per heavy atom. The zero-order valence-corrected chi connectivity index (χ0v) is 12.0.